The van der Waals surface area contributed by atoms with Gasteiger partial charge in [-0.15, -0.1) is 0 Å². The minimum absolute atomic E-state index is 0.0818. The maximum atomic E-state index is 11.2. The van der Waals surface area contributed by atoms with Crippen molar-refractivity contribution < 1.29 is 8.42 Å². The number of hydrogen-bond acceptors (Lipinski definition) is 6. The molecule has 0 saturated carbocycles. The van der Waals surface area contributed by atoms with Crippen molar-refractivity contribution in [2.45, 2.75) is 21.9 Å². The summed E-state index contributed by atoms with van der Waals surface area (Å²) in [7, 11) is -3.79. The molecule has 0 bridgehead atoms. The largest absolute Gasteiger partial charge is 0.398 e. The zero-order chi connectivity index (χ0) is 14.0. The fraction of sp³-hybridized carbons (Fsp3) is 0.0909. The van der Waals surface area contributed by atoms with Gasteiger partial charge < -0.3 is 5.73 Å². The Balaban J connectivity index is 2.28. The fourth-order valence-electron chi connectivity index (χ4n) is 1.39. The van der Waals surface area contributed by atoms with Crippen molar-refractivity contribution in [2.75, 3.05) is 5.73 Å². The Labute approximate surface area is 115 Å². The number of nitrogens with two attached hydrogens (primary N) is 2. The highest BCUT2D eigenvalue weighted by molar-refractivity contribution is 7.99. The number of sulfonamides is 1. The lowest BCUT2D eigenvalue weighted by molar-refractivity contribution is 0.598. The molecule has 6 nitrogen and oxygen atoms in total. The second-order valence-electron chi connectivity index (χ2n) is 3.89. The van der Waals surface area contributed by atoms with Crippen LogP contribution in [0.15, 0.2) is 45.5 Å². The Bertz CT molecular complexity index is 699. The summed E-state index contributed by atoms with van der Waals surface area (Å²) >= 11 is 1.29. The molecular weight excluding hydrogens is 284 g/mol. The SMILES string of the molecule is Cc1cnc(Sc2ccc(S(N)(=O)=O)c(N)c2)nc1. The Morgan fingerprint density at radius 2 is 1.84 bits per heavy atom. The molecule has 1 aromatic carbocycles. The number of anilines is 1. The highest BCUT2D eigenvalue weighted by Crippen LogP contribution is 2.28. The molecule has 8 heteroatoms. The standard InChI is InChI=1S/C11H12N4O2S2/c1-7-5-14-11(15-6-7)18-8-2-3-10(9(12)4-8)19(13,16)17/h2-6H,12H2,1H3,(H2,13,16,17). The third-order valence-corrected chi connectivity index (χ3v) is 4.12. The summed E-state index contributed by atoms with van der Waals surface area (Å²) in [5, 5.41) is 5.60. The van der Waals surface area contributed by atoms with Crippen molar-refractivity contribution in [3.05, 3.63) is 36.2 Å². The Hall–Kier alpha value is -1.64. The van der Waals surface area contributed by atoms with Gasteiger partial charge in [-0.2, -0.15) is 0 Å². The summed E-state index contributed by atoms with van der Waals surface area (Å²) in [4.78, 5) is 8.95. The van der Waals surface area contributed by atoms with Crippen LogP contribution in [0.25, 0.3) is 0 Å². The molecule has 4 N–H and O–H groups in total. The van der Waals surface area contributed by atoms with Gasteiger partial charge in [-0.25, -0.2) is 23.5 Å². The molecule has 0 spiro atoms. The molecule has 1 heterocycles. The first-order valence-electron chi connectivity index (χ1n) is 5.25. The molecule has 0 saturated heterocycles. The summed E-state index contributed by atoms with van der Waals surface area (Å²) in [6, 6.07) is 4.53. The Kier molecular flexibility index (Phi) is 3.74. The van der Waals surface area contributed by atoms with Gasteiger partial charge in [-0.3, -0.25) is 0 Å². The third kappa shape index (κ3) is 3.43. The van der Waals surface area contributed by atoms with E-state index in [1.165, 1.54) is 23.9 Å². The van der Waals surface area contributed by atoms with Gasteiger partial charge in [0.15, 0.2) is 5.16 Å². The Morgan fingerprint density at radius 1 is 1.21 bits per heavy atom. The van der Waals surface area contributed by atoms with Crippen LogP contribution in [-0.4, -0.2) is 18.4 Å². The van der Waals surface area contributed by atoms with Gasteiger partial charge in [-0.05, 0) is 42.4 Å². The molecular formula is C11H12N4O2S2. The smallest absolute Gasteiger partial charge is 0.240 e. The number of primary sulfonamides is 1. The van der Waals surface area contributed by atoms with E-state index in [2.05, 4.69) is 9.97 Å². The topological polar surface area (TPSA) is 112 Å². The first-order chi connectivity index (χ1) is 8.86. The van der Waals surface area contributed by atoms with Crippen LogP contribution in [0.4, 0.5) is 5.69 Å². The van der Waals surface area contributed by atoms with Gasteiger partial charge in [0.2, 0.25) is 10.0 Å². The minimum Gasteiger partial charge on any atom is -0.398 e. The molecule has 19 heavy (non-hydrogen) atoms. The number of nitrogen functional groups attached to an aromatic ring is 1. The average molecular weight is 296 g/mol. The second-order valence-corrected chi connectivity index (χ2v) is 6.46. The summed E-state index contributed by atoms with van der Waals surface area (Å²) in [5.74, 6) is 0. The summed E-state index contributed by atoms with van der Waals surface area (Å²) in [6.07, 6.45) is 3.41. The van der Waals surface area contributed by atoms with Crippen LogP contribution >= 0.6 is 11.8 Å². The molecule has 0 amide bonds. The van der Waals surface area contributed by atoms with E-state index in [1.807, 2.05) is 6.92 Å². The van der Waals surface area contributed by atoms with E-state index in [4.69, 9.17) is 10.9 Å². The quantitative estimate of drug-likeness (QED) is 0.649. The van der Waals surface area contributed by atoms with Crippen LogP contribution in [0, 0.1) is 6.92 Å². The minimum atomic E-state index is -3.79. The monoisotopic (exact) mass is 296 g/mol. The lowest BCUT2D eigenvalue weighted by Crippen LogP contribution is -2.14. The molecule has 0 radical (unpaired) electrons. The summed E-state index contributed by atoms with van der Waals surface area (Å²) < 4.78 is 22.5. The van der Waals surface area contributed by atoms with Crippen LogP contribution in [0.1, 0.15) is 5.56 Å². The van der Waals surface area contributed by atoms with Crippen LogP contribution in [0.3, 0.4) is 0 Å². The Morgan fingerprint density at radius 3 is 2.37 bits per heavy atom. The first kappa shape index (κ1) is 13.8. The molecule has 0 unspecified atom stereocenters. The maximum Gasteiger partial charge on any atom is 0.240 e. The molecule has 0 aliphatic heterocycles. The van der Waals surface area contributed by atoms with Gasteiger partial charge in [0, 0.05) is 17.3 Å². The molecule has 0 aliphatic carbocycles. The molecule has 2 aromatic rings. The van der Waals surface area contributed by atoms with Crippen molar-refractivity contribution in [1.29, 1.82) is 0 Å². The van der Waals surface area contributed by atoms with E-state index in [1.54, 1.807) is 18.5 Å². The van der Waals surface area contributed by atoms with E-state index < -0.39 is 10.0 Å². The van der Waals surface area contributed by atoms with Gasteiger partial charge in [-0.1, -0.05) is 0 Å². The summed E-state index contributed by atoms with van der Waals surface area (Å²) in [5.41, 5.74) is 6.75. The van der Waals surface area contributed by atoms with E-state index in [0.29, 0.717) is 5.16 Å². The fourth-order valence-corrected chi connectivity index (χ4v) is 2.78. The van der Waals surface area contributed by atoms with Crippen molar-refractivity contribution in [2.24, 2.45) is 5.14 Å². The molecule has 0 fully saturated rings. The van der Waals surface area contributed by atoms with Crippen LogP contribution < -0.4 is 10.9 Å². The van der Waals surface area contributed by atoms with Gasteiger partial charge in [0.1, 0.15) is 4.90 Å². The number of aryl methyl sites for hydroxylation is 1. The number of aromatic nitrogens is 2. The zero-order valence-corrected chi connectivity index (χ0v) is 11.7. The highest BCUT2D eigenvalue weighted by Gasteiger charge is 2.13. The zero-order valence-electron chi connectivity index (χ0n) is 10.1. The maximum absolute atomic E-state index is 11.2. The molecule has 0 aliphatic rings. The predicted octanol–water partition coefficient (Wildman–Crippen LogP) is 1.17. The lowest BCUT2D eigenvalue weighted by Gasteiger charge is -2.05. The molecule has 1 aromatic heterocycles. The average Bonchev–Trinajstić information content (AvgIpc) is 2.30. The van der Waals surface area contributed by atoms with E-state index in [9.17, 15) is 8.42 Å². The van der Waals surface area contributed by atoms with Gasteiger partial charge in [0.25, 0.3) is 0 Å². The van der Waals surface area contributed by atoms with Crippen molar-refractivity contribution >= 4 is 27.5 Å². The second kappa shape index (κ2) is 5.16. The van der Waals surface area contributed by atoms with Crippen LogP contribution in [0.5, 0.6) is 0 Å². The molecule has 100 valence electrons. The lowest BCUT2D eigenvalue weighted by atomic mass is 10.3. The van der Waals surface area contributed by atoms with Crippen LogP contribution in [-0.2, 0) is 10.0 Å². The van der Waals surface area contributed by atoms with Gasteiger partial charge >= 0.3 is 0 Å². The van der Waals surface area contributed by atoms with Crippen molar-refractivity contribution in [3.8, 4) is 0 Å². The summed E-state index contributed by atoms with van der Waals surface area (Å²) in [6.45, 7) is 1.90. The number of hydrogen-bond donors (Lipinski definition) is 2. The van der Waals surface area contributed by atoms with Crippen molar-refractivity contribution in [1.82, 2.24) is 9.97 Å². The van der Waals surface area contributed by atoms with E-state index >= 15 is 0 Å². The molecule has 2 rings (SSSR count). The number of benzene rings is 1. The van der Waals surface area contributed by atoms with Crippen molar-refractivity contribution in [3.63, 3.8) is 0 Å². The van der Waals surface area contributed by atoms with E-state index in [0.717, 1.165) is 10.5 Å². The van der Waals surface area contributed by atoms with Crippen LogP contribution in [0.2, 0.25) is 0 Å². The number of rotatable bonds is 3. The molecule has 0 atom stereocenters. The first-order valence-corrected chi connectivity index (χ1v) is 7.61. The third-order valence-electron chi connectivity index (χ3n) is 2.25. The van der Waals surface area contributed by atoms with E-state index in [-0.39, 0.29) is 10.6 Å². The van der Waals surface area contributed by atoms with Gasteiger partial charge in [0.05, 0.1) is 5.69 Å². The highest BCUT2D eigenvalue weighted by atomic mass is 32.2. The normalized spacial score (nSPS) is 11.5. The number of nitrogens with zero attached hydrogens (tertiary/aromatic N) is 2. The predicted molar refractivity (Wildman–Crippen MR) is 73.1 cm³/mol.